The van der Waals surface area contributed by atoms with Gasteiger partial charge in [0.1, 0.15) is 0 Å². The zero-order chi connectivity index (χ0) is 9.10. The lowest BCUT2D eigenvalue weighted by Crippen LogP contribution is -2.24. The molecule has 1 atom stereocenters. The van der Waals surface area contributed by atoms with Gasteiger partial charge in [-0.1, -0.05) is 24.3 Å². The minimum atomic E-state index is -0.275. The lowest BCUT2D eigenvalue weighted by Gasteiger charge is -2.24. The van der Waals surface area contributed by atoms with Gasteiger partial charge in [-0.25, -0.2) is 5.32 Å². The zero-order valence-corrected chi connectivity index (χ0v) is 7.54. The summed E-state index contributed by atoms with van der Waals surface area (Å²) >= 11 is 0. The van der Waals surface area contributed by atoms with Crippen molar-refractivity contribution in [1.29, 1.82) is 0 Å². The van der Waals surface area contributed by atoms with Gasteiger partial charge < -0.3 is 0 Å². The largest absolute Gasteiger partial charge is 0.251 e. The predicted molar refractivity (Wildman–Crippen MR) is 50.5 cm³/mol. The molecule has 0 unspecified atom stereocenters. The highest BCUT2D eigenvalue weighted by Gasteiger charge is 2.19. The van der Waals surface area contributed by atoms with E-state index in [0.717, 1.165) is 13.0 Å². The molecule has 1 aromatic carbocycles. The summed E-state index contributed by atoms with van der Waals surface area (Å²) in [5.74, 6) is 0. The number of fused-ring (bicyclic) bond motifs is 1. The van der Waals surface area contributed by atoms with Crippen molar-refractivity contribution >= 4 is 0 Å². The van der Waals surface area contributed by atoms with Crippen molar-refractivity contribution in [3.8, 4) is 0 Å². The Balaban J connectivity index is 2.26. The van der Waals surface area contributed by atoms with Gasteiger partial charge in [0.15, 0.2) is 0 Å². The Morgan fingerprint density at radius 1 is 1.38 bits per heavy atom. The fourth-order valence-electron chi connectivity index (χ4n) is 1.88. The summed E-state index contributed by atoms with van der Waals surface area (Å²) in [5.41, 5.74) is 2.57. The van der Waals surface area contributed by atoms with Gasteiger partial charge in [0.05, 0.1) is 12.7 Å². The Bertz CT molecular complexity index is 285. The molecule has 0 N–H and O–H groups in total. The van der Waals surface area contributed by atoms with Gasteiger partial charge in [-0.15, -0.1) is 0 Å². The number of alkyl halides is 1. The molecule has 69 valence electrons. The minimum absolute atomic E-state index is 0.106. The second-order valence-corrected chi connectivity index (χ2v) is 3.35. The molecule has 0 amide bonds. The van der Waals surface area contributed by atoms with Gasteiger partial charge in [0.25, 0.3) is 0 Å². The van der Waals surface area contributed by atoms with E-state index in [1.165, 1.54) is 11.1 Å². The third-order valence-corrected chi connectivity index (χ3v) is 2.53. The molecule has 2 heteroatoms. The summed E-state index contributed by atoms with van der Waals surface area (Å²) in [6.07, 6.45) is 1.55. The monoisotopic (exact) mass is 178 g/mol. The van der Waals surface area contributed by atoms with Crippen LogP contribution in [0.4, 0.5) is 4.39 Å². The number of halogens is 1. The van der Waals surface area contributed by atoms with Crippen LogP contribution < -0.4 is 5.32 Å². The molecule has 1 nitrogen and oxygen atoms in total. The summed E-state index contributed by atoms with van der Waals surface area (Å²) in [5, 5.41) is 4.42. The standard InChI is InChI=1S/C11H13FN/c12-7-5-11-10-4-2-1-3-9(10)6-8-13-11/h1-4,11H,5-8H2/t11-/m1/s1. The highest BCUT2D eigenvalue weighted by Crippen LogP contribution is 2.26. The molecule has 0 bridgehead atoms. The molecule has 0 fully saturated rings. The van der Waals surface area contributed by atoms with Crippen LogP contribution >= 0.6 is 0 Å². The van der Waals surface area contributed by atoms with Crippen LogP contribution in [0.1, 0.15) is 23.6 Å². The van der Waals surface area contributed by atoms with Gasteiger partial charge >= 0.3 is 0 Å². The van der Waals surface area contributed by atoms with Crippen LogP contribution in [0.5, 0.6) is 0 Å². The van der Waals surface area contributed by atoms with Crippen LogP contribution in [-0.4, -0.2) is 13.2 Å². The van der Waals surface area contributed by atoms with Crippen LogP contribution in [0.15, 0.2) is 24.3 Å². The minimum Gasteiger partial charge on any atom is -0.251 e. The average molecular weight is 178 g/mol. The molecular formula is C11H13FN. The van der Waals surface area contributed by atoms with Gasteiger partial charge in [-0.2, -0.15) is 0 Å². The SMILES string of the molecule is FCC[C@H]1[N]CCc2ccccc21. The molecule has 1 aliphatic heterocycles. The van der Waals surface area contributed by atoms with Crippen LogP contribution in [-0.2, 0) is 6.42 Å². The molecule has 0 saturated heterocycles. The van der Waals surface area contributed by atoms with Gasteiger partial charge in [-0.05, 0) is 24.0 Å². The predicted octanol–water partition coefficient (Wildman–Crippen LogP) is 2.25. The first-order chi connectivity index (χ1) is 6.42. The number of nitrogens with zero attached hydrogens (tertiary/aromatic N) is 1. The summed E-state index contributed by atoms with van der Waals surface area (Å²) in [6.45, 7) is 0.574. The molecule has 1 heterocycles. The third kappa shape index (κ3) is 1.73. The first-order valence-corrected chi connectivity index (χ1v) is 4.72. The van der Waals surface area contributed by atoms with Gasteiger partial charge in [0.2, 0.25) is 0 Å². The summed E-state index contributed by atoms with van der Waals surface area (Å²) in [4.78, 5) is 0. The molecule has 1 aliphatic rings. The number of rotatable bonds is 2. The molecule has 1 aromatic rings. The fraction of sp³-hybridized carbons (Fsp3) is 0.455. The molecule has 0 spiro atoms. The van der Waals surface area contributed by atoms with Crippen LogP contribution in [0, 0.1) is 0 Å². The van der Waals surface area contributed by atoms with E-state index >= 15 is 0 Å². The number of hydrogen-bond acceptors (Lipinski definition) is 0. The van der Waals surface area contributed by atoms with Gasteiger partial charge in [0, 0.05) is 6.54 Å². The first kappa shape index (κ1) is 8.70. The molecule has 13 heavy (non-hydrogen) atoms. The van der Waals surface area contributed by atoms with Crippen molar-refractivity contribution in [3.05, 3.63) is 35.4 Å². The maximum absolute atomic E-state index is 12.2. The summed E-state index contributed by atoms with van der Waals surface area (Å²) < 4.78 is 12.2. The van der Waals surface area contributed by atoms with E-state index in [1.54, 1.807) is 0 Å². The van der Waals surface area contributed by atoms with Crippen molar-refractivity contribution in [2.45, 2.75) is 18.9 Å². The van der Waals surface area contributed by atoms with Gasteiger partial charge in [-0.3, -0.25) is 4.39 Å². The summed E-state index contributed by atoms with van der Waals surface area (Å²) in [6, 6.07) is 8.34. The quantitative estimate of drug-likeness (QED) is 0.659. The van der Waals surface area contributed by atoms with Crippen molar-refractivity contribution in [2.75, 3.05) is 13.2 Å². The van der Waals surface area contributed by atoms with Crippen LogP contribution in [0.25, 0.3) is 0 Å². The molecule has 1 radical (unpaired) electrons. The maximum atomic E-state index is 12.2. The Morgan fingerprint density at radius 2 is 2.23 bits per heavy atom. The van der Waals surface area contributed by atoms with Crippen molar-refractivity contribution in [1.82, 2.24) is 5.32 Å². The van der Waals surface area contributed by atoms with E-state index < -0.39 is 0 Å². The Labute approximate surface area is 78.0 Å². The van der Waals surface area contributed by atoms with E-state index in [2.05, 4.69) is 17.4 Å². The molecule has 0 aliphatic carbocycles. The topological polar surface area (TPSA) is 14.1 Å². The van der Waals surface area contributed by atoms with E-state index in [-0.39, 0.29) is 12.7 Å². The molecule has 0 saturated carbocycles. The Hall–Kier alpha value is -0.890. The summed E-state index contributed by atoms with van der Waals surface area (Å²) in [7, 11) is 0. The fourth-order valence-corrected chi connectivity index (χ4v) is 1.88. The van der Waals surface area contributed by atoms with Crippen molar-refractivity contribution < 1.29 is 4.39 Å². The van der Waals surface area contributed by atoms with E-state index in [0.29, 0.717) is 6.42 Å². The lowest BCUT2D eigenvalue weighted by molar-refractivity contribution is 0.386. The lowest BCUT2D eigenvalue weighted by atomic mass is 9.93. The average Bonchev–Trinajstić information content (AvgIpc) is 2.19. The van der Waals surface area contributed by atoms with Crippen LogP contribution in [0.2, 0.25) is 0 Å². The van der Waals surface area contributed by atoms with E-state index in [9.17, 15) is 4.39 Å². The first-order valence-electron chi connectivity index (χ1n) is 4.72. The third-order valence-electron chi connectivity index (χ3n) is 2.53. The second kappa shape index (κ2) is 3.88. The smallest absolute Gasteiger partial charge is 0.0913 e. The molecular weight excluding hydrogens is 165 g/mol. The maximum Gasteiger partial charge on any atom is 0.0913 e. The van der Waals surface area contributed by atoms with E-state index in [1.807, 2.05) is 12.1 Å². The molecule has 2 rings (SSSR count). The highest BCUT2D eigenvalue weighted by atomic mass is 19.1. The Kier molecular flexibility index (Phi) is 2.60. The van der Waals surface area contributed by atoms with Crippen LogP contribution in [0.3, 0.4) is 0 Å². The Morgan fingerprint density at radius 3 is 3.08 bits per heavy atom. The second-order valence-electron chi connectivity index (χ2n) is 3.35. The van der Waals surface area contributed by atoms with Crippen molar-refractivity contribution in [3.63, 3.8) is 0 Å². The molecule has 0 aromatic heterocycles. The zero-order valence-electron chi connectivity index (χ0n) is 7.54. The number of benzene rings is 1. The normalized spacial score (nSPS) is 21.2. The van der Waals surface area contributed by atoms with E-state index in [4.69, 9.17) is 0 Å². The number of hydrogen-bond donors (Lipinski definition) is 0. The highest BCUT2D eigenvalue weighted by molar-refractivity contribution is 5.32. The van der Waals surface area contributed by atoms with Crippen molar-refractivity contribution in [2.24, 2.45) is 0 Å².